The molecule has 0 aromatic heterocycles. The Morgan fingerprint density at radius 2 is 0.792 bits per heavy atom. The topological polar surface area (TPSA) is 35.5 Å². The number of hydrogen-bond acceptors (Lipinski definition) is 3. The lowest BCUT2D eigenvalue weighted by atomic mass is 10.0. The van der Waals surface area contributed by atoms with Crippen LogP contribution in [-0.4, -0.2) is 5.78 Å². The number of carbonyl (C=O) groups excluding carboxylic acids is 1. The molecule has 0 aliphatic heterocycles. The fraction of sp³-hybridized carbons (Fsp3) is 0.242. The van der Waals surface area contributed by atoms with Crippen LogP contribution in [0.3, 0.4) is 0 Å². The Labute approximate surface area is 264 Å². The van der Waals surface area contributed by atoms with Crippen LogP contribution in [0.5, 0.6) is 11.5 Å². The van der Waals surface area contributed by atoms with Gasteiger partial charge in [0.25, 0.3) is 0 Å². The lowest BCUT2D eigenvalue weighted by Gasteiger charge is -2.16. The maximum absolute atomic E-state index is 13.3. The molecule has 256 valence electrons. The van der Waals surface area contributed by atoms with Gasteiger partial charge in [-0.2, -0.15) is 52.7 Å². The van der Waals surface area contributed by atoms with Crippen LogP contribution >= 0.6 is 0 Å². The Morgan fingerprint density at radius 1 is 0.458 bits per heavy atom. The highest BCUT2D eigenvalue weighted by molar-refractivity contribution is 5.83. The third-order valence-corrected chi connectivity index (χ3v) is 6.91. The Bertz CT molecular complexity index is 1590. The van der Waals surface area contributed by atoms with E-state index in [2.05, 4.69) is 0 Å². The number of alkyl halides is 12. The van der Waals surface area contributed by atoms with Crippen molar-refractivity contribution in [1.29, 1.82) is 0 Å². The van der Waals surface area contributed by atoms with Crippen molar-refractivity contribution in [3.63, 3.8) is 0 Å². The van der Waals surface area contributed by atoms with Gasteiger partial charge in [-0.25, -0.2) is 0 Å². The molecule has 0 aliphatic rings. The highest BCUT2D eigenvalue weighted by Gasteiger charge is 2.38. The third kappa shape index (κ3) is 9.67. The van der Waals surface area contributed by atoms with Crippen LogP contribution in [-0.2, 0) is 55.6 Å². The first kappa shape index (κ1) is 36.2. The van der Waals surface area contributed by atoms with E-state index in [0.717, 1.165) is 0 Å². The minimum Gasteiger partial charge on any atom is -0.489 e. The molecule has 15 heteroatoms. The average Bonchev–Trinajstić information content (AvgIpc) is 2.98. The summed E-state index contributed by atoms with van der Waals surface area (Å²) in [6, 6.07) is 13.2. The van der Waals surface area contributed by atoms with Crippen molar-refractivity contribution in [2.45, 2.75) is 50.8 Å². The molecule has 4 aromatic rings. The highest BCUT2D eigenvalue weighted by atomic mass is 19.4. The van der Waals surface area contributed by atoms with Gasteiger partial charge in [0.1, 0.15) is 30.5 Å². The summed E-state index contributed by atoms with van der Waals surface area (Å²) in [6.45, 7) is -1.61. The molecule has 0 unspecified atom stereocenters. The van der Waals surface area contributed by atoms with Crippen LogP contribution in [0, 0.1) is 0 Å². The van der Waals surface area contributed by atoms with E-state index in [1.165, 1.54) is 48.5 Å². The van der Waals surface area contributed by atoms with Gasteiger partial charge in [-0.15, -0.1) is 0 Å². The van der Waals surface area contributed by atoms with E-state index < -0.39 is 71.3 Å². The van der Waals surface area contributed by atoms with Crippen molar-refractivity contribution in [3.8, 4) is 11.5 Å². The van der Waals surface area contributed by atoms with Gasteiger partial charge in [0.15, 0.2) is 0 Å². The minimum absolute atomic E-state index is 0.0415. The number of hydrogen-bond donors (Lipinski definition) is 0. The Balaban J connectivity index is 1.33. The molecule has 0 N–H and O–H groups in total. The van der Waals surface area contributed by atoms with Gasteiger partial charge >= 0.3 is 24.7 Å². The average molecular weight is 695 g/mol. The molecular weight excluding hydrogens is 672 g/mol. The van der Waals surface area contributed by atoms with E-state index in [1.54, 1.807) is 0 Å². The largest absolute Gasteiger partial charge is 0.489 e. The molecular formula is C33H22F12O3. The van der Waals surface area contributed by atoms with Crippen molar-refractivity contribution in [1.82, 2.24) is 0 Å². The minimum atomic E-state index is -4.91. The second-order valence-corrected chi connectivity index (χ2v) is 10.5. The Kier molecular flexibility index (Phi) is 10.4. The second-order valence-electron chi connectivity index (χ2n) is 10.5. The molecule has 0 fully saturated rings. The smallest absolute Gasteiger partial charge is 0.416 e. The summed E-state index contributed by atoms with van der Waals surface area (Å²) < 4.78 is 169. The standard InChI is InChI=1S/C33H22F12O3/c34-30(35,36)23-5-11-28(32(40,41)42)21(15-23)17-47-26-7-1-19(2-8-26)13-25(46)14-20-3-9-27(10-4-20)48-18-22-16-24(31(37,38)39)6-12-29(22)33(43,44)45/h1-12,15-16H,13-14,17-18H2. The number of rotatable bonds is 10. The SMILES string of the molecule is O=C(Cc1ccc(OCc2cc(C(F)(F)F)ccc2C(F)(F)F)cc1)Cc1ccc(OCc2cc(C(F)(F)F)ccc2C(F)(F)F)cc1. The molecule has 0 radical (unpaired) electrons. The van der Waals surface area contributed by atoms with Gasteiger partial charge in [-0.05, 0) is 71.8 Å². The summed E-state index contributed by atoms with van der Waals surface area (Å²) in [5.74, 6) is -0.200. The van der Waals surface area contributed by atoms with Gasteiger partial charge < -0.3 is 9.47 Å². The fourth-order valence-corrected chi connectivity index (χ4v) is 4.58. The zero-order valence-electron chi connectivity index (χ0n) is 24.2. The quantitative estimate of drug-likeness (QED) is 0.155. The number of Topliss-reactive ketones (excluding diaryl/α,β-unsaturated/α-hetero) is 1. The summed E-state index contributed by atoms with van der Waals surface area (Å²) in [4.78, 5) is 12.6. The molecule has 0 heterocycles. The lowest BCUT2D eigenvalue weighted by Crippen LogP contribution is -2.14. The van der Waals surface area contributed by atoms with Crippen molar-refractivity contribution >= 4 is 5.78 Å². The van der Waals surface area contributed by atoms with Gasteiger partial charge in [0.05, 0.1) is 22.3 Å². The summed E-state index contributed by atoms with van der Waals surface area (Å²) >= 11 is 0. The fourth-order valence-electron chi connectivity index (χ4n) is 4.58. The highest BCUT2D eigenvalue weighted by Crippen LogP contribution is 2.38. The van der Waals surface area contributed by atoms with E-state index in [1.807, 2.05) is 0 Å². The van der Waals surface area contributed by atoms with Crippen LogP contribution in [0.15, 0.2) is 84.9 Å². The molecule has 0 aliphatic carbocycles. The third-order valence-electron chi connectivity index (χ3n) is 6.91. The monoisotopic (exact) mass is 694 g/mol. The lowest BCUT2D eigenvalue weighted by molar-refractivity contribution is -0.142. The van der Waals surface area contributed by atoms with Crippen molar-refractivity contribution < 1.29 is 67.0 Å². The van der Waals surface area contributed by atoms with Gasteiger partial charge in [0, 0.05) is 24.0 Å². The number of benzene rings is 4. The maximum atomic E-state index is 13.3. The maximum Gasteiger partial charge on any atom is 0.416 e. The van der Waals surface area contributed by atoms with Gasteiger partial charge in [-0.3, -0.25) is 4.79 Å². The second kappa shape index (κ2) is 13.8. The Morgan fingerprint density at radius 3 is 1.08 bits per heavy atom. The molecule has 0 saturated heterocycles. The molecule has 3 nitrogen and oxygen atoms in total. The first-order chi connectivity index (χ1) is 22.2. The number of ether oxygens (including phenoxy) is 2. The molecule has 0 saturated carbocycles. The van der Waals surface area contributed by atoms with Crippen molar-refractivity contribution in [2.75, 3.05) is 0 Å². The predicted octanol–water partition coefficient (Wildman–Crippen LogP) is 10.3. The zero-order chi connectivity index (χ0) is 35.5. The normalized spacial score (nSPS) is 12.6. The first-order valence-electron chi connectivity index (χ1n) is 13.7. The molecule has 4 rings (SSSR count). The number of halogens is 12. The van der Waals surface area contributed by atoms with E-state index in [0.29, 0.717) is 47.5 Å². The van der Waals surface area contributed by atoms with E-state index >= 15 is 0 Å². The van der Waals surface area contributed by atoms with Crippen molar-refractivity contribution in [2.24, 2.45) is 0 Å². The molecule has 48 heavy (non-hydrogen) atoms. The molecule has 0 amide bonds. The van der Waals surface area contributed by atoms with E-state index in [4.69, 9.17) is 9.47 Å². The van der Waals surface area contributed by atoms with E-state index in [9.17, 15) is 57.5 Å². The van der Waals surface area contributed by atoms with Crippen LogP contribution in [0.2, 0.25) is 0 Å². The predicted molar refractivity (Wildman–Crippen MR) is 147 cm³/mol. The van der Waals surface area contributed by atoms with Crippen LogP contribution in [0.25, 0.3) is 0 Å². The van der Waals surface area contributed by atoms with Gasteiger partial charge in [0.2, 0.25) is 0 Å². The molecule has 0 spiro atoms. The summed E-state index contributed by atoms with van der Waals surface area (Å²) in [7, 11) is 0. The van der Waals surface area contributed by atoms with Crippen LogP contribution < -0.4 is 9.47 Å². The van der Waals surface area contributed by atoms with Crippen LogP contribution in [0.1, 0.15) is 44.5 Å². The van der Waals surface area contributed by atoms with Crippen LogP contribution in [0.4, 0.5) is 52.7 Å². The zero-order valence-corrected chi connectivity index (χ0v) is 24.2. The molecule has 0 bridgehead atoms. The molecule has 4 aromatic carbocycles. The summed E-state index contributed by atoms with van der Waals surface area (Å²) in [5, 5.41) is 0. The molecule has 0 atom stereocenters. The van der Waals surface area contributed by atoms with Crippen molar-refractivity contribution in [3.05, 3.63) is 129 Å². The van der Waals surface area contributed by atoms with Gasteiger partial charge in [-0.1, -0.05) is 24.3 Å². The number of carbonyl (C=O) groups is 1. The van der Waals surface area contributed by atoms with E-state index in [-0.39, 0.29) is 30.1 Å². The first-order valence-corrected chi connectivity index (χ1v) is 13.7. The number of ketones is 1. The summed E-state index contributed by atoms with van der Waals surface area (Å²) in [5.41, 5.74) is -5.52. The Hall–Kier alpha value is -4.69. The summed E-state index contributed by atoms with van der Waals surface area (Å²) in [6.07, 6.45) is -19.7.